The number of hydrogen-bond donors (Lipinski definition) is 4. The summed E-state index contributed by atoms with van der Waals surface area (Å²) in [5.74, 6) is 0.0255. The van der Waals surface area contributed by atoms with Crippen LogP contribution in [-0.2, 0) is 9.59 Å². The van der Waals surface area contributed by atoms with Crippen LogP contribution in [0, 0.1) is 0 Å². The predicted octanol–water partition coefficient (Wildman–Crippen LogP) is 0.0944. The Morgan fingerprint density at radius 1 is 1.22 bits per heavy atom. The van der Waals surface area contributed by atoms with Gasteiger partial charge in [0.05, 0.1) is 17.8 Å². The number of hydrazine groups is 1. The fourth-order valence-corrected chi connectivity index (χ4v) is 3.91. The van der Waals surface area contributed by atoms with Crippen LogP contribution in [0.25, 0.3) is 0 Å². The maximum atomic E-state index is 12.7. The predicted molar refractivity (Wildman–Crippen MR) is 103 cm³/mol. The Hall–Kier alpha value is -2.03. The largest absolute Gasteiger partial charge is 0.355 e. The van der Waals surface area contributed by atoms with E-state index in [1.54, 1.807) is 6.20 Å². The molecule has 3 rings (SSSR count). The van der Waals surface area contributed by atoms with Gasteiger partial charge >= 0.3 is 0 Å². The number of rotatable bonds is 7. The maximum absolute atomic E-state index is 12.7. The van der Waals surface area contributed by atoms with Gasteiger partial charge in [-0.3, -0.25) is 19.5 Å². The third-order valence-electron chi connectivity index (χ3n) is 5.18. The quantitative estimate of drug-likeness (QED) is 0.540. The van der Waals surface area contributed by atoms with E-state index in [0.29, 0.717) is 25.9 Å². The first-order chi connectivity index (χ1) is 13.1. The van der Waals surface area contributed by atoms with Gasteiger partial charge < -0.3 is 10.6 Å². The lowest BCUT2D eigenvalue weighted by atomic mass is 10.1. The Morgan fingerprint density at radius 3 is 2.78 bits per heavy atom. The fourth-order valence-electron chi connectivity index (χ4n) is 3.91. The molecule has 3 heterocycles. The highest BCUT2D eigenvalue weighted by atomic mass is 16.2. The second-order valence-corrected chi connectivity index (χ2v) is 7.23. The van der Waals surface area contributed by atoms with Crippen molar-refractivity contribution in [1.29, 1.82) is 0 Å². The minimum atomic E-state index is -0.305. The van der Waals surface area contributed by atoms with Gasteiger partial charge in [0.1, 0.15) is 6.04 Å². The highest BCUT2D eigenvalue weighted by molar-refractivity contribution is 5.84. The summed E-state index contributed by atoms with van der Waals surface area (Å²) in [6.45, 7) is 6.23. The number of aromatic nitrogens is 1. The number of pyridine rings is 1. The van der Waals surface area contributed by atoms with E-state index in [1.807, 2.05) is 25.1 Å². The molecule has 2 fully saturated rings. The van der Waals surface area contributed by atoms with Crippen molar-refractivity contribution in [3.8, 4) is 0 Å². The van der Waals surface area contributed by atoms with Crippen molar-refractivity contribution in [3.63, 3.8) is 0 Å². The van der Waals surface area contributed by atoms with Crippen molar-refractivity contribution in [2.75, 3.05) is 19.6 Å². The van der Waals surface area contributed by atoms with Crippen LogP contribution in [0.1, 0.15) is 44.8 Å². The molecule has 0 aliphatic carbocycles. The van der Waals surface area contributed by atoms with E-state index in [0.717, 1.165) is 18.7 Å². The minimum absolute atomic E-state index is 0.00708. The van der Waals surface area contributed by atoms with Crippen LogP contribution in [-0.4, -0.2) is 59.5 Å². The molecule has 0 bridgehead atoms. The Bertz CT molecular complexity index is 640. The molecular weight excluding hydrogens is 344 g/mol. The normalized spacial score (nSPS) is 28.2. The van der Waals surface area contributed by atoms with E-state index >= 15 is 0 Å². The van der Waals surface area contributed by atoms with Crippen molar-refractivity contribution >= 4 is 11.8 Å². The first kappa shape index (κ1) is 19.7. The molecule has 1 aromatic rings. The number of carbonyl (C=O) groups is 2. The van der Waals surface area contributed by atoms with Gasteiger partial charge in [0, 0.05) is 25.3 Å². The second-order valence-electron chi connectivity index (χ2n) is 7.23. The summed E-state index contributed by atoms with van der Waals surface area (Å²) in [5.41, 5.74) is 7.15. The van der Waals surface area contributed by atoms with Crippen LogP contribution in [0.5, 0.6) is 0 Å². The average molecular weight is 374 g/mol. The molecule has 8 heteroatoms. The van der Waals surface area contributed by atoms with Gasteiger partial charge in [-0.1, -0.05) is 13.0 Å². The molecule has 2 amide bonds. The molecule has 2 saturated heterocycles. The Kier molecular flexibility index (Phi) is 6.76. The number of likely N-dealkylation sites (tertiary alicyclic amines) is 1. The monoisotopic (exact) mass is 374 g/mol. The lowest BCUT2D eigenvalue weighted by Crippen LogP contribution is -2.47. The highest BCUT2D eigenvalue weighted by Gasteiger charge is 2.38. The van der Waals surface area contributed by atoms with Crippen LogP contribution in [0.2, 0.25) is 0 Å². The minimum Gasteiger partial charge on any atom is -0.355 e. The molecule has 2 aliphatic rings. The molecule has 4 N–H and O–H groups in total. The SMILES string of the molecule is CCCN1C[C@@H](NC(=O)C2CC(c3ccccn3)NN2)C[C@H]1C(=O)NCC. The Labute approximate surface area is 160 Å². The first-order valence-corrected chi connectivity index (χ1v) is 9.86. The van der Waals surface area contributed by atoms with Crippen molar-refractivity contribution in [2.45, 2.75) is 57.3 Å². The molecule has 0 radical (unpaired) electrons. The van der Waals surface area contributed by atoms with Crippen LogP contribution in [0.3, 0.4) is 0 Å². The van der Waals surface area contributed by atoms with E-state index in [2.05, 4.69) is 38.3 Å². The zero-order valence-corrected chi connectivity index (χ0v) is 16.1. The number of nitrogens with one attached hydrogen (secondary N) is 4. The zero-order chi connectivity index (χ0) is 19.2. The number of hydrogen-bond acceptors (Lipinski definition) is 6. The van der Waals surface area contributed by atoms with Gasteiger partial charge in [0.15, 0.2) is 0 Å². The molecule has 27 heavy (non-hydrogen) atoms. The van der Waals surface area contributed by atoms with E-state index < -0.39 is 0 Å². The zero-order valence-electron chi connectivity index (χ0n) is 16.1. The molecule has 0 aromatic carbocycles. The number of nitrogens with zero attached hydrogens (tertiary/aromatic N) is 2. The van der Waals surface area contributed by atoms with E-state index in [-0.39, 0.29) is 36.0 Å². The maximum Gasteiger partial charge on any atom is 0.238 e. The summed E-state index contributed by atoms with van der Waals surface area (Å²) in [4.78, 5) is 31.5. The van der Waals surface area contributed by atoms with Crippen LogP contribution < -0.4 is 21.5 Å². The molecule has 2 unspecified atom stereocenters. The van der Waals surface area contributed by atoms with Crippen molar-refractivity contribution < 1.29 is 9.59 Å². The summed E-state index contributed by atoms with van der Waals surface area (Å²) in [5, 5.41) is 6.03. The molecule has 2 aliphatic heterocycles. The second kappa shape index (κ2) is 9.25. The van der Waals surface area contributed by atoms with E-state index in [4.69, 9.17) is 0 Å². The van der Waals surface area contributed by atoms with E-state index in [1.165, 1.54) is 0 Å². The topological polar surface area (TPSA) is 98.4 Å². The summed E-state index contributed by atoms with van der Waals surface area (Å²) < 4.78 is 0. The van der Waals surface area contributed by atoms with Crippen LogP contribution >= 0.6 is 0 Å². The highest BCUT2D eigenvalue weighted by Crippen LogP contribution is 2.22. The average Bonchev–Trinajstić information content (AvgIpc) is 3.31. The summed E-state index contributed by atoms with van der Waals surface area (Å²) in [6.07, 6.45) is 4.04. The molecule has 1 aromatic heterocycles. The van der Waals surface area contributed by atoms with Crippen LogP contribution in [0.4, 0.5) is 0 Å². The molecule has 0 spiro atoms. The molecular formula is C19H30N6O2. The molecule has 0 saturated carbocycles. The summed E-state index contributed by atoms with van der Waals surface area (Å²) >= 11 is 0. The first-order valence-electron chi connectivity index (χ1n) is 9.86. The smallest absolute Gasteiger partial charge is 0.238 e. The standard InChI is InChI=1S/C19H30N6O2/c1-3-9-25-12-13(10-17(25)19(27)20-4-2)22-18(26)16-11-15(23-24-16)14-7-5-6-8-21-14/h5-8,13,15-17,23-24H,3-4,9-12H2,1-2H3,(H,20,27)(H,22,26)/t13-,15?,16?,17-/m0/s1. The lowest BCUT2D eigenvalue weighted by Gasteiger charge is -2.22. The van der Waals surface area contributed by atoms with Gasteiger partial charge in [0.2, 0.25) is 11.8 Å². The summed E-state index contributed by atoms with van der Waals surface area (Å²) in [7, 11) is 0. The van der Waals surface area contributed by atoms with Gasteiger partial charge in [-0.25, -0.2) is 10.9 Å². The van der Waals surface area contributed by atoms with Gasteiger partial charge in [0.25, 0.3) is 0 Å². The fraction of sp³-hybridized carbons (Fsp3) is 0.632. The van der Waals surface area contributed by atoms with Gasteiger partial charge in [-0.15, -0.1) is 0 Å². The van der Waals surface area contributed by atoms with E-state index in [9.17, 15) is 9.59 Å². The van der Waals surface area contributed by atoms with Crippen molar-refractivity contribution in [3.05, 3.63) is 30.1 Å². The number of likely N-dealkylation sites (N-methyl/N-ethyl adjacent to an activating group) is 1. The van der Waals surface area contributed by atoms with Gasteiger partial charge in [-0.05, 0) is 44.9 Å². The summed E-state index contributed by atoms with van der Waals surface area (Å²) in [6, 6.07) is 5.32. The molecule has 4 atom stereocenters. The number of carbonyl (C=O) groups excluding carboxylic acids is 2. The Balaban J connectivity index is 1.54. The van der Waals surface area contributed by atoms with Crippen LogP contribution in [0.15, 0.2) is 24.4 Å². The third kappa shape index (κ3) is 4.82. The number of amides is 2. The molecule has 148 valence electrons. The lowest BCUT2D eigenvalue weighted by molar-refractivity contribution is -0.126. The Morgan fingerprint density at radius 2 is 2.07 bits per heavy atom. The molecule has 8 nitrogen and oxygen atoms in total. The van der Waals surface area contributed by atoms with Crippen molar-refractivity contribution in [1.82, 2.24) is 31.4 Å². The van der Waals surface area contributed by atoms with Crippen molar-refractivity contribution in [2.24, 2.45) is 0 Å². The third-order valence-corrected chi connectivity index (χ3v) is 5.18. The van der Waals surface area contributed by atoms with Gasteiger partial charge in [-0.2, -0.15) is 0 Å².